The normalized spacial score (nSPS) is 10.5. The molecule has 1 N–H and O–H groups in total. The molecule has 23 heavy (non-hydrogen) atoms. The fourth-order valence-corrected chi connectivity index (χ4v) is 1.69. The predicted octanol–water partition coefficient (Wildman–Crippen LogP) is 3.16. The number of hydrogen-bond donors (Lipinski definition) is 1. The van der Waals surface area contributed by atoms with Crippen LogP contribution in [0.15, 0.2) is 54.6 Å². The second-order valence-electron chi connectivity index (χ2n) is 4.55. The maximum Gasteiger partial charge on any atom is 0.331 e. The van der Waals surface area contributed by atoms with Gasteiger partial charge in [-0.1, -0.05) is 18.2 Å². The summed E-state index contributed by atoms with van der Waals surface area (Å²) in [5.41, 5.74) is 0.889. The fraction of sp³-hybridized carbons (Fsp3) is 0.0588. The largest absolute Gasteiger partial charge is 0.452 e. The number of ether oxygens (including phenoxy) is 1. The van der Waals surface area contributed by atoms with Gasteiger partial charge >= 0.3 is 5.97 Å². The first-order valence-corrected chi connectivity index (χ1v) is 6.69. The molecule has 4 nitrogen and oxygen atoms in total. The van der Waals surface area contributed by atoms with Crippen molar-refractivity contribution in [1.29, 1.82) is 0 Å². The average molecular weight is 317 g/mol. The molecule has 0 aliphatic heterocycles. The van der Waals surface area contributed by atoms with Gasteiger partial charge in [0.1, 0.15) is 11.6 Å². The second-order valence-corrected chi connectivity index (χ2v) is 4.55. The molecule has 0 heterocycles. The van der Waals surface area contributed by atoms with E-state index in [0.29, 0.717) is 5.56 Å². The zero-order chi connectivity index (χ0) is 16.7. The van der Waals surface area contributed by atoms with Gasteiger partial charge in [-0.2, -0.15) is 0 Å². The summed E-state index contributed by atoms with van der Waals surface area (Å²) in [4.78, 5) is 23.0. The van der Waals surface area contributed by atoms with E-state index in [4.69, 9.17) is 4.74 Å². The summed E-state index contributed by atoms with van der Waals surface area (Å²) in [7, 11) is 0. The van der Waals surface area contributed by atoms with Crippen molar-refractivity contribution >= 4 is 23.6 Å². The number of halogens is 2. The number of amides is 1. The summed E-state index contributed by atoms with van der Waals surface area (Å²) in [6.45, 7) is -0.497. The van der Waals surface area contributed by atoms with Crippen LogP contribution in [0.3, 0.4) is 0 Å². The quantitative estimate of drug-likeness (QED) is 0.681. The van der Waals surface area contributed by atoms with Crippen LogP contribution in [-0.4, -0.2) is 18.5 Å². The molecule has 0 radical (unpaired) electrons. The van der Waals surface area contributed by atoms with Crippen LogP contribution in [0.1, 0.15) is 5.56 Å². The maximum atomic E-state index is 12.9. The zero-order valence-corrected chi connectivity index (χ0v) is 12.0. The van der Waals surface area contributed by atoms with Gasteiger partial charge in [-0.15, -0.1) is 0 Å². The molecule has 0 aliphatic carbocycles. The van der Waals surface area contributed by atoms with E-state index in [1.54, 1.807) is 0 Å². The number of esters is 1. The molecule has 1 amide bonds. The Hall–Kier alpha value is -3.02. The molecule has 2 aromatic carbocycles. The molecular formula is C17H13F2NO3. The number of anilines is 1. The Balaban J connectivity index is 1.79. The van der Waals surface area contributed by atoms with Gasteiger partial charge < -0.3 is 10.1 Å². The third-order valence-electron chi connectivity index (χ3n) is 2.74. The van der Waals surface area contributed by atoms with Crippen LogP contribution in [0.5, 0.6) is 0 Å². The molecule has 0 unspecified atom stereocenters. The standard InChI is InChI=1S/C17H13F2NO3/c18-13-7-4-12(5-8-13)6-9-17(22)23-11-16(21)20-15-3-1-2-14(19)10-15/h1-10H,11H2,(H,20,21)/b9-6+. The van der Waals surface area contributed by atoms with Gasteiger partial charge in [0.15, 0.2) is 6.61 Å². The Morgan fingerprint density at radius 2 is 1.78 bits per heavy atom. The molecule has 2 aromatic rings. The number of rotatable bonds is 5. The molecule has 118 valence electrons. The van der Waals surface area contributed by atoms with Crippen molar-refractivity contribution in [1.82, 2.24) is 0 Å². The van der Waals surface area contributed by atoms with Crippen molar-refractivity contribution in [2.45, 2.75) is 0 Å². The molecular weight excluding hydrogens is 304 g/mol. The first kappa shape index (κ1) is 16.4. The first-order chi connectivity index (χ1) is 11.0. The SMILES string of the molecule is O=C(COC(=O)/C=C/c1ccc(F)cc1)Nc1cccc(F)c1. The lowest BCUT2D eigenvalue weighted by atomic mass is 10.2. The molecule has 0 fully saturated rings. The number of hydrogen-bond acceptors (Lipinski definition) is 3. The highest BCUT2D eigenvalue weighted by molar-refractivity contribution is 5.94. The van der Waals surface area contributed by atoms with Crippen LogP contribution in [-0.2, 0) is 14.3 Å². The summed E-state index contributed by atoms with van der Waals surface area (Å²) in [6.07, 6.45) is 2.56. The van der Waals surface area contributed by atoms with E-state index in [2.05, 4.69) is 5.32 Å². The Bertz CT molecular complexity index is 727. The zero-order valence-electron chi connectivity index (χ0n) is 12.0. The van der Waals surface area contributed by atoms with E-state index in [1.807, 2.05) is 0 Å². The van der Waals surface area contributed by atoms with Gasteiger partial charge in [0.25, 0.3) is 5.91 Å². The minimum atomic E-state index is -0.719. The van der Waals surface area contributed by atoms with E-state index in [-0.39, 0.29) is 11.5 Å². The summed E-state index contributed by atoms with van der Waals surface area (Å²) in [5, 5.41) is 2.40. The first-order valence-electron chi connectivity index (χ1n) is 6.69. The van der Waals surface area contributed by atoms with Crippen molar-refractivity contribution < 1.29 is 23.1 Å². The van der Waals surface area contributed by atoms with Crippen LogP contribution < -0.4 is 5.32 Å². The van der Waals surface area contributed by atoms with E-state index in [9.17, 15) is 18.4 Å². The lowest BCUT2D eigenvalue weighted by molar-refractivity contribution is -0.142. The van der Waals surface area contributed by atoms with Gasteiger partial charge in [-0.3, -0.25) is 4.79 Å². The van der Waals surface area contributed by atoms with Crippen molar-refractivity contribution in [2.75, 3.05) is 11.9 Å². The van der Waals surface area contributed by atoms with E-state index >= 15 is 0 Å². The van der Waals surface area contributed by atoms with Crippen LogP contribution in [0, 0.1) is 11.6 Å². The molecule has 6 heteroatoms. The van der Waals surface area contributed by atoms with Gasteiger partial charge in [0.2, 0.25) is 0 Å². The molecule has 0 saturated carbocycles. The highest BCUT2D eigenvalue weighted by Gasteiger charge is 2.06. The van der Waals surface area contributed by atoms with Gasteiger partial charge in [-0.25, -0.2) is 13.6 Å². The lowest BCUT2D eigenvalue weighted by Gasteiger charge is -2.05. The molecule has 0 spiro atoms. The summed E-state index contributed by atoms with van der Waals surface area (Å²) in [5.74, 6) is -2.16. The van der Waals surface area contributed by atoms with E-state index in [1.165, 1.54) is 48.5 Å². The Kier molecular flexibility index (Phi) is 5.57. The number of benzene rings is 2. The van der Waals surface area contributed by atoms with Crippen molar-refractivity contribution in [3.05, 3.63) is 71.8 Å². The monoisotopic (exact) mass is 317 g/mol. The molecule has 0 aliphatic rings. The molecule has 0 saturated heterocycles. The summed E-state index contributed by atoms with van der Waals surface area (Å²) in [6, 6.07) is 10.9. The van der Waals surface area contributed by atoms with Crippen LogP contribution in [0.25, 0.3) is 6.08 Å². The summed E-state index contributed by atoms with van der Waals surface area (Å²) < 4.78 is 30.4. The number of carbonyl (C=O) groups is 2. The van der Waals surface area contributed by atoms with Crippen LogP contribution in [0.4, 0.5) is 14.5 Å². The predicted molar refractivity (Wildman–Crippen MR) is 81.4 cm³/mol. The molecule has 0 aromatic heterocycles. The van der Waals surface area contributed by atoms with E-state index in [0.717, 1.165) is 12.1 Å². The second kappa shape index (κ2) is 7.84. The van der Waals surface area contributed by atoms with E-state index < -0.39 is 24.3 Å². The third-order valence-corrected chi connectivity index (χ3v) is 2.74. The topological polar surface area (TPSA) is 55.4 Å². The highest BCUT2D eigenvalue weighted by Crippen LogP contribution is 2.09. The number of carbonyl (C=O) groups excluding carboxylic acids is 2. The Morgan fingerprint density at radius 3 is 2.48 bits per heavy atom. The number of nitrogens with one attached hydrogen (secondary N) is 1. The lowest BCUT2D eigenvalue weighted by Crippen LogP contribution is -2.20. The van der Waals surface area contributed by atoms with Crippen molar-refractivity contribution in [2.24, 2.45) is 0 Å². The average Bonchev–Trinajstić information content (AvgIpc) is 2.52. The van der Waals surface area contributed by atoms with Gasteiger partial charge in [0.05, 0.1) is 0 Å². The van der Waals surface area contributed by atoms with Crippen molar-refractivity contribution in [3.8, 4) is 0 Å². The smallest absolute Gasteiger partial charge is 0.331 e. The molecule has 0 atom stereocenters. The van der Waals surface area contributed by atoms with Crippen molar-refractivity contribution in [3.63, 3.8) is 0 Å². The van der Waals surface area contributed by atoms with Gasteiger partial charge in [-0.05, 0) is 42.0 Å². The third kappa shape index (κ3) is 5.70. The van der Waals surface area contributed by atoms with Crippen LogP contribution >= 0.6 is 0 Å². The molecule has 2 rings (SSSR count). The fourth-order valence-electron chi connectivity index (χ4n) is 1.69. The maximum absolute atomic E-state index is 12.9. The molecule has 0 bridgehead atoms. The summed E-state index contributed by atoms with van der Waals surface area (Å²) >= 11 is 0. The minimum absolute atomic E-state index is 0.271. The highest BCUT2D eigenvalue weighted by atomic mass is 19.1. The van der Waals surface area contributed by atoms with Crippen LogP contribution in [0.2, 0.25) is 0 Å². The minimum Gasteiger partial charge on any atom is -0.452 e. The Morgan fingerprint density at radius 1 is 1.04 bits per heavy atom. The Labute approximate surface area is 131 Å². The van der Waals surface area contributed by atoms with Gasteiger partial charge in [0, 0.05) is 11.8 Å².